The maximum atomic E-state index is 12.6. The van der Waals surface area contributed by atoms with E-state index in [1.807, 2.05) is 6.92 Å². The predicted octanol–water partition coefficient (Wildman–Crippen LogP) is 3.34. The van der Waals surface area contributed by atoms with Gasteiger partial charge in [-0.25, -0.2) is 0 Å². The number of benzene rings is 1. The van der Waals surface area contributed by atoms with Crippen molar-refractivity contribution in [2.75, 3.05) is 11.9 Å². The second kappa shape index (κ2) is 8.77. The highest BCUT2D eigenvalue weighted by Crippen LogP contribution is 2.22. The Hall–Kier alpha value is -3.68. The zero-order valence-corrected chi connectivity index (χ0v) is 17.4. The van der Waals surface area contributed by atoms with Gasteiger partial charge in [-0.15, -0.1) is 0 Å². The van der Waals surface area contributed by atoms with E-state index in [-0.39, 0.29) is 24.1 Å². The van der Waals surface area contributed by atoms with Gasteiger partial charge in [-0.2, -0.15) is 5.10 Å². The van der Waals surface area contributed by atoms with E-state index in [9.17, 15) is 14.4 Å². The van der Waals surface area contributed by atoms with Crippen LogP contribution in [-0.2, 0) is 13.5 Å². The first-order valence-electron chi connectivity index (χ1n) is 9.58. The summed E-state index contributed by atoms with van der Waals surface area (Å²) in [5, 5.41) is 6.74. The summed E-state index contributed by atoms with van der Waals surface area (Å²) in [4.78, 5) is 39.7. The average molecular weight is 408 g/mol. The van der Waals surface area contributed by atoms with E-state index in [1.54, 1.807) is 49.1 Å². The smallest absolute Gasteiger partial charge is 0.258 e. The molecule has 2 N–H and O–H groups in total. The number of aromatic amines is 1. The van der Waals surface area contributed by atoms with E-state index < -0.39 is 0 Å². The average Bonchev–Trinajstić information content (AvgIpc) is 3.30. The fraction of sp³-hybridized carbons (Fsp3) is 0.273. The van der Waals surface area contributed by atoms with E-state index in [4.69, 9.17) is 4.74 Å². The monoisotopic (exact) mass is 408 g/mol. The number of ketones is 2. The Morgan fingerprint density at radius 1 is 1.20 bits per heavy atom. The number of anilines is 1. The van der Waals surface area contributed by atoms with Gasteiger partial charge in [0.1, 0.15) is 5.75 Å². The van der Waals surface area contributed by atoms with Gasteiger partial charge in [-0.05, 0) is 50.1 Å². The first-order valence-corrected chi connectivity index (χ1v) is 9.58. The highest BCUT2D eigenvalue weighted by atomic mass is 16.5. The van der Waals surface area contributed by atoms with Gasteiger partial charge in [0.25, 0.3) is 5.91 Å². The van der Waals surface area contributed by atoms with Crippen molar-refractivity contribution >= 4 is 23.2 Å². The molecule has 3 aromatic rings. The highest BCUT2D eigenvalue weighted by Gasteiger charge is 2.21. The van der Waals surface area contributed by atoms with Crippen LogP contribution in [0, 0.1) is 6.92 Å². The van der Waals surface area contributed by atoms with E-state index >= 15 is 0 Å². The summed E-state index contributed by atoms with van der Waals surface area (Å²) in [5.41, 5.74) is 3.47. The molecule has 2 heterocycles. The molecule has 0 saturated carbocycles. The van der Waals surface area contributed by atoms with Gasteiger partial charge in [0.15, 0.2) is 12.4 Å². The number of rotatable bonds is 8. The largest absolute Gasteiger partial charge is 0.485 e. The summed E-state index contributed by atoms with van der Waals surface area (Å²) in [6.45, 7) is 5.03. The molecule has 0 radical (unpaired) electrons. The van der Waals surface area contributed by atoms with Crippen LogP contribution < -0.4 is 10.1 Å². The molecule has 30 heavy (non-hydrogen) atoms. The van der Waals surface area contributed by atoms with Crippen molar-refractivity contribution in [1.29, 1.82) is 0 Å². The molecule has 0 aliphatic rings. The summed E-state index contributed by atoms with van der Waals surface area (Å²) in [6.07, 6.45) is 3.69. The summed E-state index contributed by atoms with van der Waals surface area (Å²) < 4.78 is 7.15. The quantitative estimate of drug-likeness (QED) is 0.556. The zero-order chi connectivity index (χ0) is 21.8. The summed E-state index contributed by atoms with van der Waals surface area (Å²) in [7, 11) is 1.74. The number of ether oxygens (including phenoxy) is 1. The van der Waals surface area contributed by atoms with Gasteiger partial charge >= 0.3 is 0 Å². The van der Waals surface area contributed by atoms with Gasteiger partial charge < -0.3 is 15.0 Å². The minimum absolute atomic E-state index is 0.0653. The number of hydrogen-bond donors (Lipinski definition) is 2. The van der Waals surface area contributed by atoms with Crippen LogP contribution in [0.2, 0.25) is 0 Å². The molecule has 0 aliphatic carbocycles. The SMILES string of the molecule is CCc1c(C(=O)COc2ccc(NC(=O)c3cnn(C)c3)cc2)[nH]c(C)c1C(C)=O. The summed E-state index contributed by atoms with van der Waals surface area (Å²) in [6, 6.07) is 6.73. The Labute approximate surface area is 174 Å². The van der Waals surface area contributed by atoms with E-state index in [2.05, 4.69) is 15.4 Å². The molecule has 0 spiro atoms. The number of H-pyrrole nitrogens is 1. The van der Waals surface area contributed by atoms with Crippen molar-refractivity contribution in [2.24, 2.45) is 7.05 Å². The lowest BCUT2D eigenvalue weighted by Crippen LogP contribution is -2.14. The molecule has 0 aliphatic heterocycles. The standard InChI is InChI=1S/C22H24N4O4/c1-5-18-20(14(3)27)13(2)24-21(18)19(28)12-30-17-8-6-16(7-9-17)25-22(29)15-10-23-26(4)11-15/h6-11,24H,5,12H2,1-4H3,(H,25,29). The number of nitrogens with one attached hydrogen (secondary N) is 2. The van der Waals surface area contributed by atoms with Crippen LogP contribution in [0.25, 0.3) is 0 Å². The first-order chi connectivity index (χ1) is 14.3. The lowest BCUT2D eigenvalue weighted by molar-refractivity contribution is 0.0915. The molecular weight excluding hydrogens is 384 g/mol. The number of nitrogens with zero attached hydrogens (tertiary/aromatic N) is 2. The predicted molar refractivity (Wildman–Crippen MR) is 112 cm³/mol. The molecular formula is C22H24N4O4. The molecule has 3 rings (SSSR count). The normalized spacial score (nSPS) is 10.7. The maximum Gasteiger partial charge on any atom is 0.258 e. The third-order valence-electron chi connectivity index (χ3n) is 4.72. The summed E-state index contributed by atoms with van der Waals surface area (Å²) in [5.74, 6) is -0.0563. The third kappa shape index (κ3) is 4.48. The van der Waals surface area contributed by atoms with Crippen LogP contribution in [0.15, 0.2) is 36.7 Å². The number of carbonyl (C=O) groups excluding carboxylic acids is 3. The summed E-state index contributed by atoms with van der Waals surface area (Å²) >= 11 is 0. The maximum absolute atomic E-state index is 12.6. The molecule has 0 bridgehead atoms. The molecule has 156 valence electrons. The lowest BCUT2D eigenvalue weighted by Gasteiger charge is -2.08. The third-order valence-corrected chi connectivity index (χ3v) is 4.72. The number of hydrogen-bond acceptors (Lipinski definition) is 5. The van der Waals surface area contributed by atoms with Crippen LogP contribution in [-0.4, -0.2) is 38.8 Å². The van der Waals surface area contributed by atoms with Gasteiger partial charge in [0, 0.05) is 30.2 Å². The molecule has 0 saturated heterocycles. The second-order valence-electron chi connectivity index (χ2n) is 6.98. The van der Waals surface area contributed by atoms with Gasteiger partial charge in [0.2, 0.25) is 5.78 Å². The highest BCUT2D eigenvalue weighted by molar-refractivity contribution is 6.04. The van der Waals surface area contributed by atoms with E-state index in [0.29, 0.717) is 40.4 Å². The fourth-order valence-corrected chi connectivity index (χ4v) is 3.34. The second-order valence-corrected chi connectivity index (χ2v) is 6.98. The molecule has 1 amide bonds. The molecule has 2 aromatic heterocycles. The van der Waals surface area contributed by atoms with Crippen LogP contribution >= 0.6 is 0 Å². The topological polar surface area (TPSA) is 106 Å². The Bertz CT molecular complexity index is 1090. The Morgan fingerprint density at radius 2 is 1.90 bits per heavy atom. The number of aromatic nitrogens is 3. The van der Waals surface area contributed by atoms with Crippen molar-refractivity contribution in [3.05, 3.63) is 64.7 Å². The van der Waals surface area contributed by atoms with E-state index in [1.165, 1.54) is 13.1 Å². The molecule has 0 atom stereocenters. The number of Topliss-reactive ketones (excluding diaryl/α,β-unsaturated/α-hetero) is 2. The Morgan fingerprint density at radius 3 is 2.47 bits per heavy atom. The Balaban J connectivity index is 1.63. The zero-order valence-electron chi connectivity index (χ0n) is 17.4. The van der Waals surface area contributed by atoms with Crippen molar-refractivity contribution in [2.45, 2.75) is 27.2 Å². The van der Waals surface area contributed by atoms with Crippen LogP contribution in [0.1, 0.15) is 56.3 Å². The number of carbonyl (C=O) groups is 3. The van der Waals surface area contributed by atoms with Crippen LogP contribution in [0.5, 0.6) is 5.75 Å². The van der Waals surface area contributed by atoms with Gasteiger partial charge in [-0.1, -0.05) is 6.92 Å². The van der Waals surface area contributed by atoms with Gasteiger partial charge in [-0.3, -0.25) is 19.1 Å². The molecule has 8 nitrogen and oxygen atoms in total. The van der Waals surface area contributed by atoms with Gasteiger partial charge in [0.05, 0.1) is 17.5 Å². The molecule has 0 unspecified atom stereocenters. The van der Waals surface area contributed by atoms with Crippen molar-refractivity contribution < 1.29 is 19.1 Å². The molecule has 0 fully saturated rings. The van der Waals surface area contributed by atoms with Crippen molar-refractivity contribution in [1.82, 2.24) is 14.8 Å². The molecule has 8 heteroatoms. The fourth-order valence-electron chi connectivity index (χ4n) is 3.34. The molecule has 1 aromatic carbocycles. The van der Waals surface area contributed by atoms with Crippen LogP contribution in [0.3, 0.4) is 0 Å². The van der Waals surface area contributed by atoms with Crippen LogP contribution in [0.4, 0.5) is 5.69 Å². The van der Waals surface area contributed by atoms with Crippen molar-refractivity contribution in [3.8, 4) is 5.75 Å². The number of amides is 1. The number of aryl methyl sites for hydroxylation is 2. The first kappa shape index (κ1) is 21.0. The minimum atomic E-state index is -0.262. The Kier molecular flexibility index (Phi) is 6.15. The lowest BCUT2D eigenvalue weighted by atomic mass is 10.0. The minimum Gasteiger partial charge on any atom is -0.485 e. The van der Waals surface area contributed by atoms with E-state index in [0.717, 1.165) is 5.56 Å². The van der Waals surface area contributed by atoms with Crippen molar-refractivity contribution in [3.63, 3.8) is 0 Å².